The number of carbonyl (C=O) groups excluding carboxylic acids is 1. The molecule has 1 saturated carbocycles. The summed E-state index contributed by atoms with van der Waals surface area (Å²) in [6.07, 6.45) is 5.66. The number of hydrogen-bond acceptors (Lipinski definition) is 5. The smallest absolute Gasteiger partial charge is 0.234 e. The van der Waals surface area contributed by atoms with E-state index in [1.807, 2.05) is 18.2 Å². The Morgan fingerprint density at radius 3 is 2.75 bits per heavy atom. The Kier molecular flexibility index (Phi) is 6.83. The molecule has 0 aromatic heterocycles. The Hall–Kier alpha value is -1.79. The van der Waals surface area contributed by atoms with E-state index >= 15 is 0 Å². The summed E-state index contributed by atoms with van der Waals surface area (Å²) >= 11 is 0. The van der Waals surface area contributed by atoms with E-state index in [1.165, 1.54) is 0 Å². The molecule has 1 saturated heterocycles. The Morgan fingerprint density at radius 2 is 2.04 bits per heavy atom. The molecular formula is C22H34N2O4. The molecule has 3 atom stereocenters. The van der Waals surface area contributed by atoms with E-state index in [4.69, 9.17) is 9.47 Å². The van der Waals surface area contributed by atoms with Crippen LogP contribution in [0.2, 0.25) is 0 Å². The fourth-order valence-electron chi connectivity index (χ4n) is 4.90. The molecule has 28 heavy (non-hydrogen) atoms. The van der Waals surface area contributed by atoms with E-state index in [0.29, 0.717) is 31.1 Å². The average Bonchev–Trinajstić information content (AvgIpc) is 2.71. The predicted octanol–water partition coefficient (Wildman–Crippen LogP) is 2.90. The van der Waals surface area contributed by atoms with E-state index in [-0.39, 0.29) is 17.9 Å². The first-order valence-electron chi connectivity index (χ1n) is 10.5. The van der Waals surface area contributed by atoms with Crippen LogP contribution >= 0.6 is 0 Å². The summed E-state index contributed by atoms with van der Waals surface area (Å²) in [6.45, 7) is 3.81. The first kappa shape index (κ1) is 20.9. The number of nitrogens with one attached hydrogen (secondary N) is 1. The maximum absolute atomic E-state index is 12.5. The van der Waals surface area contributed by atoms with Gasteiger partial charge in [-0.3, -0.25) is 9.69 Å². The molecule has 6 nitrogen and oxygen atoms in total. The monoisotopic (exact) mass is 390 g/mol. The van der Waals surface area contributed by atoms with Crippen LogP contribution in [-0.2, 0) is 4.79 Å². The zero-order valence-electron chi connectivity index (χ0n) is 17.4. The Labute approximate surface area is 168 Å². The van der Waals surface area contributed by atoms with Gasteiger partial charge in [0, 0.05) is 25.0 Å². The van der Waals surface area contributed by atoms with Crippen LogP contribution in [0.1, 0.15) is 57.1 Å². The van der Waals surface area contributed by atoms with Gasteiger partial charge in [0.15, 0.2) is 11.5 Å². The minimum atomic E-state index is -0.646. The van der Waals surface area contributed by atoms with Gasteiger partial charge in [-0.05, 0) is 43.4 Å². The lowest BCUT2D eigenvalue weighted by Crippen LogP contribution is -2.56. The van der Waals surface area contributed by atoms with E-state index < -0.39 is 5.60 Å². The van der Waals surface area contributed by atoms with Gasteiger partial charge in [0.1, 0.15) is 0 Å². The number of ether oxygens (including phenoxy) is 2. The molecule has 2 aliphatic rings. The third-order valence-electron chi connectivity index (χ3n) is 6.34. The normalized spacial score (nSPS) is 27.7. The summed E-state index contributed by atoms with van der Waals surface area (Å²) < 4.78 is 10.9. The molecule has 0 unspecified atom stereocenters. The quantitative estimate of drug-likeness (QED) is 0.749. The number of methoxy groups -OCH3 is 2. The molecule has 2 fully saturated rings. The Balaban J connectivity index is 1.92. The largest absolute Gasteiger partial charge is 0.493 e. The molecule has 2 N–H and O–H groups in total. The lowest BCUT2D eigenvalue weighted by atomic mass is 9.66. The second-order valence-electron chi connectivity index (χ2n) is 8.09. The topological polar surface area (TPSA) is 71.0 Å². The van der Waals surface area contributed by atoms with Crippen LogP contribution in [0.15, 0.2) is 18.2 Å². The van der Waals surface area contributed by atoms with Crippen molar-refractivity contribution in [3.8, 4) is 11.5 Å². The number of benzene rings is 1. The van der Waals surface area contributed by atoms with Crippen molar-refractivity contribution in [1.82, 2.24) is 10.2 Å². The molecule has 1 aliphatic heterocycles. The number of aliphatic hydroxyl groups is 1. The Morgan fingerprint density at radius 1 is 1.25 bits per heavy atom. The minimum absolute atomic E-state index is 0.00812. The standard InChI is InChI=1S/C22H34N2O4/c1-4-12-23-20(25)15-24-13-11-22(26)10-6-5-7-17(22)21(24)16-8-9-18(27-2)19(14-16)28-3/h8-9,14,17,21,26H,4-7,10-13,15H2,1-3H3,(H,23,25)/t17-,21-,22-/m1/s1. The zero-order chi connectivity index (χ0) is 20.1. The minimum Gasteiger partial charge on any atom is -0.493 e. The van der Waals surface area contributed by atoms with Gasteiger partial charge in [-0.15, -0.1) is 0 Å². The summed E-state index contributed by atoms with van der Waals surface area (Å²) in [6, 6.07) is 5.95. The SMILES string of the molecule is CCCNC(=O)CN1CC[C@]2(O)CCCC[C@@H]2[C@H]1c1ccc(OC)c(OC)c1. The highest BCUT2D eigenvalue weighted by Crippen LogP contribution is 2.50. The molecule has 156 valence electrons. The second-order valence-corrected chi connectivity index (χ2v) is 8.09. The molecule has 1 aromatic carbocycles. The van der Waals surface area contributed by atoms with Crippen molar-refractivity contribution in [1.29, 1.82) is 0 Å². The van der Waals surface area contributed by atoms with Crippen molar-refractivity contribution in [2.24, 2.45) is 5.92 Å². The van der Waals surface area contributed by atoms with Crippen LogP contribution in [-0.4, -0.2) is 55.4 Å². The van der Waals surface area contributed by atoms with Gasteiger partial charge in [-0.2, -0.15) is 0 Å². The second kappa shape index (κ2) is 9.14. The van der Waals surface area contributed by atoms with Gasteiger partial charge >= 0.3 is 0 Å². The van der Waals surface area contributed by atoms with Crippen LogP contribution in [0, 0.1) is 5.92 Å². The summed E-state index contributed by atoms with van der Waals surface area (Å²) in [5, 5.41) is 14.3. The summed E-state index contributed by atoms with van der Waals surface area (Å²) in [5.74, 6) is 1.54. The van der Waals surface area contributed by atoms with Crippen LogP contribution in [0.5, 0.6) is 11.5 Å². The summed E-state index contributed by atoms with van der Waals surface area (Å²) in [5.41, 5.74) is 0.429. The number of likely N-dealkylation sites (tertiary alicyclic amines) is 1. The number of hydrogen-bond donors (Lipinski definition) is 2. The van der Waals surface area contributed by atoms with Crippen molar-refractivity contribution in [2.45, 2.75) is 57.1 Å². The lowest BCUT2D eigenvalue weighted by molar-refractivity contribution is -0.137. The van der Waals surface area contributed by atoms with Crippen LogP contribution in [0.4, 0.5) is 0 Å². The van der Waals surface area contributed by atoms with Crippen LogP contribution in [0.3, 0.4) is 0 Å². The first-order valence-corrected chi connectivity index (χ1v) is 10.5. The van der Waals surface area contributed by atoms with Gasteiger partial charge in [0.05, 0.1) is 26.4 Å². The number of nitrogens with zero attached hydrogens (tertiary/aromatic N) is 1. The third kappa shape index (κ3) is 4.28. The van der Waals surface area contributed by atoms with Gasteiger partial charge in [-0.1, -0.05) is 25.8 Å². The molecule has 1 heterocycles. The van der Waals surface area contributed by atoms with Gasteiger partial charge in [0.2, 0.25) is 5.91 Å². The summed E-state index contributed by atoms with van der Waals surface area (Å²) in [7, 11) is 3.26. The van der Waals surface area contributed by atoms with E-state index in [0.717, 1.165) is 44.1 Å². The van der Waals surface area contributed by atoms with E-state index in [2.05, 4.69) is 17.1 Å². The van der Waals surface area contributed by atoms with Crippen molar-refractivity contribution >= 4 is 5.91 Å². The predicted molar refractivity (Wildman–Crippen MR) is 109 cm³/mol. The molecule has 3 rings (SSSR count). The maximum Gasteiger partial charge on any atom is 0.234 e. The van der Waals surface area contributed by atoms with Gasteiger partial charge in [-0.25, -0.2) is 0 Å². The first-order chi connectivity index (χ1) is 13.5. The average molecular weight is 391 g/mol. The number of amides is 1. The zero-order valence-corrected chi connectivity index (χ0v) is 17.4. The molecule has 0 spiro atoms. The van der Waals surface area contributed by atoms with Crippen molar-refractivity contribution in [2.75, 3.05) is 33.9 Å². The molecule has 6 heteroatoms. The lowest BCUT2D eigenvalue weighted by Gasteiger charge is -2.52. The van der Waals surface area contributed by atoms with Crippen LogP contribution < -0.4 is 14.8 Å². The number of piperidine rings is 1. The summed E-state index contributed by atoms with van der Waals surface area (Å²) in [4.78, 5) is 14.7. The molecule has 1 aromatic rings. The van der Waals surface area contributed by atoms with E-state index in [9.17, 15) is 9.90 Å². The molecule has 1 amide bonds. The Bertz CT molecular complexity index is 681. The molecule has 1 aliphatic carbocycles. The van der Waals surface area contributed by atoms with Crippen molar-refractivity contribution < 1.29 is 19.4 Å². The highest BCUT2D eigenvalue weighted by molar-refractivity contribution is 5.78. The molecule has 0 bridgehead atoms. The highest BCUT2D eigenvalue weighted by atomic mass is 16.5. The fourth-order valence-corrected chi connectivity index (χ4v) is 4.90. The highest BCUT2D eigenvalue weighted by Gasteiger charge is 2.49. The molecular weight excluding hydrogens is 356 g/mol. The fraction of sp³-hybridized carbons (Fsp3) is 0.682. The number of carbonyl (C=O) groups is 1. The molecule has 0 radical (unpaired) electrons. The van der Waals surface area contributed by atoms with E-state index in [1.54, 1.807) is 14.2 Å². The third-order valence-corrected chi connectivity index (χ3v) is 6.34. The van der Waals surface area contributed by atoms with Crippen molar-refractivity contribution in [3.63, 3.8) is 0 Å². The number of rotatable bonds is 7. The van der Waals surface area contributed by atoms with Crippen molar-refractivity contribution in [3.05, 3.63) is 23.8 Å². The maximum atomic E-state index is 12.5. The van der Waals surface area contributed by atoms with Crippen LogP contribution in [0.25, 0.3) is 0 Å². The number of fused-ring (bicyclic) bond motifs is 1. The van der Waals surface area contributed by atoms with Gasteiger partial charge < -0.3 is 19.9 Å². The van der Waals surface area contributed by atoms with Gasteiger partial charge in [0.25, 0.3) is 0 Å².